The highest BCUT2D eigenvalue weighted by Gasteiger charge is 2.16. The van der Waals surface area contributed by atoms with Gasteiger partial charge < -0.3 is 10.5 Å². The number of aryl methyl sites for hydroxylation is 2. The number of benzene rings is 1. The zero-order valence-corrected chi connectivity index (χ0v) is 16.6. The summed E-state index contributed by atoms with van der Waals surface area (Å²) in [5, 5.41) is 14.8. The molecule has 0 saturated carbocycles. The van der Waals surface area contributed by atoms with Gasteiger partial charge in [0.1, 0.15) is 11.4 Å². The molecule has 3 aromatic heterocycles. The molecular weight excluding hydrogens is 386 g/mol. The summed E-state index contributed by atoms with van der Waals surface area (Å²) < 4.78 is 7.78. The van der Waals surface area contributed by atoms with Crippen LogP contribution in [0.15, 0.2) is 42.9 Å². The molecule has 0 atom stereocenters. The van der Waals surface area contributed by atoms with Crippen LogP contribution in [0, 0.1) is 18.3 Å². The molecule has 0 amide bonds. The van der Waals surface area contributed by atoms with Crippen LogP contribution in [0.25, 0.3) is 22.0 Å². The standard InChI is InChI=1S/C20H17N7OS/c1-12-23-11-18(29-12)16-6-19(27(2)26-16)28-17-5-13(7-21)3-4-15(17)20-24-9-14(8-22)10-25-20/h3-6,9-11H,8,22H2,1-2H3. The molecule has 1 aromatic carbocycles. The highest BCUT2D eigenvalue weighted by atomic mass is 32.1. The van der Waals surface area contributed by atoms with Gasteiger partial charge in [0, 0.05) is 43.8 Å². The van der Waals surface area contributed by atoms with Crippen LogP contribution in [-0.2, 0) is 13.6 Å². The molecule has 3 heterocycles. The lowest BCUT2D eigenvalue weighted by molar-refractivity contribution is 0.432. The van der Waals surface area contributed by atoms with Crippen molar-refractivity contribution in [1.29, 1.82) is 5.26 Å². The van der Waals surface area contributed by atoms with Crippen LogP contribution in [0.1, 0.15) is 16.1 Å². The Morgan fingerprint density at radius 3 is 2.62 bits per heavy atom. The molecule has 0 unspecified atom stereocenters. The first kappa shape index (κ1) is 18.7. The Morgan fingerprint density at radius 1 is 1.17 bits per heavy atom. The molecule has 0 aliphatic carbocycles. The van der Waals surface area contributed by atoms with Crippen molar-refractivity contribution in [3.8, 4) is 39.7 Å². The summed E-state index contributed by atoms with van der Waals surface area (Å²) in [5.74, 6) is 1.49. The van der Waals surface area contributed by atoms with E-state index in [9.17, 15) is 5.26 Å². The van der Waals surface area contributed by atoms with Gasteiger partial charge in [0.15, 0.2) is 5.82 Å². The number of rotatable bonds is 5. The van der Waals surface area contributed by atoms with Gasteiger partial charge in [-0.3, -0.25) is 0 Å². The summed E-state index contributed by atoms with van der Waals surface area (Å²) in [7, 11) is 1.80. The molecule has 0 saturated heterocycles. The second-order valence-corrected chi connectivity index (χ2v) is 7.51. The maximum absolute atomic E-state index is 9.29. The third-order valence-corrected chi connectivity index (χ3v) is 5.15. The third kappa shape index (κ3) is 3.85. The number of nitriles is 1. The van der Waals surface area contributed by atoms with Gasteiger partial charge >= 0.3 is 0 Å². The summed E-state index contributed by atoms with van der Waals surface area (Å²) in [4.78, 5) is 14.0. The van der Waals surface area contributed by atoms with Crippen LogP contribution < -0.4 is 10.5 Å². The summed E-state index contributed by atoms with van der Waals surface area (Å²) >= 11 is 1.56. The van der Waals surface area contributed by atoms with Crippen molar-refractivity contribution in [3.63, 3.8) is 0 Å². The van der Waals surface area contributed by atoms with E-state index < -0.39 is 0 Å². The Kier molecular flexibility index (Phi) is 5.03. The van der Waals surface area contributed by atoms with Gasteiger partial charge in [0.25, 0.3) is 0 Å². The summed E-state index contributed by atoms with van der Waals surface area (Å²) in [6.07, 6.45) is 5.15. The van der Waals surface area contributed by atoms with E-state index in [4.69, 9.17) is 10.5 Å². The lowest BCUT2D eigenvalue weighted by Crippen LogP contribution is -2.01. The van der Waals surface area contributed by atoms with E-state index in [1.54, 1.807) is 59.9 Å². The molecule has 2 N–H and O–H groups in total. The smallest absolute Gasteiger partial charge is 0.218 e. The molecule has 0 fully saturated rings. The largest absolute Gasteiger partial charge is 0.438 e. The SMILES string of the molecule is Cc1ncc(-c2cc(Oc3cc(C#N)ccc3-c3ncc(CN)cn3)n(C)n2)s1. The maximum atomic E-state index is 9.29. The Morgan fingerprint density at radius 2 is 1.97 bits per heavy atom. The van der Waals surface area contributed by atoms with E-state index >= 15 is 0 Å². The number of nitrogens with zero attached hydrogens (tertiary/aromatic N) is 6. The summed E-state index contributed by atoms with van der Waals surface area (Å²) in [6, 6.07) is 9.12. The predicted molar refractivity (Wildman–Crippen MR) is 109 cm³/mol. The average Bonchev–Trinajstić information content (AvgIpc) is 3.34. The van der Waals surface area contributed by atoms with Gasteiger partial charge in [-0.05, 0) is 25.1 Å². The molecule has 0 aliphatic rings. The fourth-order valence-corrected chi connectivity index (χ4v) is 3.45. The van der Waals surface area contributed by atoms with Crippen LogP contribution >= 0.6 is 11.3 Å². The Hall–Kier alpha value is -3.61. The van der Waals surface area contributed by atoms with E-state index in [1.165, 1.54) is 0 Å². The fourth-order valence-electron chi connectivity index (χ4n) is 2.72. The molecule has 0 aliphatic heterocycles. The molecule has 144 valence electrons. The number of nitrogens with two attached hydrogens (primary N) is 1. The minimum Gasteiger partial charge on any atom is -0.438 e. The predicted octanol–water partition coefficient (Wildman–Crippen LogP) is 3.43. The van der Waals surface area contributed by atoms with E-state index in [0.717, 1.165) is 21.1 Å². The van der Waals surface area contributed by atoms with Gasteiger partial charge in [-0.1, -0.05) is 0 Å². The maximum Gasteiger partial charge on any atom is 0.218 e. The molecule has 0 radical (unpaired) electrons. The number of hydrogen-bond acceptors (Lipinski definition) is 8. The first-order valence-electron chi connectivity index (χ1n) is 8.77. The molecule has 4 rings (SSSR count). The van der Waals surface area contributed by atoms with Crippen LogP contribution in [-0.4, -0.2) is 24.7 Å². The lowest BCUT2D eigenvalue weighted by Gasteiger charge is -2.11. The normalized spacial score (nSPS) is 10.7. The van der Waals surface area contributed by atoms with E-state index in [1.807, 2.05) is 13.0 Å². The van der Waals surface area contributed by atoms with E-state index in [2.05, 4.69) is 26.1 Å². The molecule has 0 bridgehead atoms. The van der Waals surface area contributed by atoms with Crippen molar-refractivity contribution in [2.24, 2.45) is 12.8 Å². The zero-order chi connectivity index (χ0) is 20.4. The monoisotopic (exact) mass is 403 g/mol. The van der Waals surface area contributed by atoms with Crippen LogP contribution in [0.2, 0.25) is 0 Å². The van der Waals surface area contributed by atoms with Gasteiger partial charge in [-0.15, -0.1) is 11.3 Å². The average molecular weight is 403 g/mol. The Bertz CT molecular complexity index is 1200. The van der Waals surface area contributed by atoms with Crippen molar-refractivity contribution in [3.05, 3.63) is 59.0 Å². The topological polar surface area (TPSA) is 116 Å². The van der Waals surface area contributed by atoms with Gasteiger partial charge in [-0.2, -0.15) is 10.4 Å². The number of thiazole rings is 1. The summed E-state index contributed by atoms with van der Waals surface area (Å²) in [5.41, 5.74) is 8.38. The van der Waals surface area contributed by atoms with Crippen molar-refractivity contribution in [2.45, 2.75) is 13.5 Å². The Balaban J connectivity index is 1.72. The molecular formula is C20H17N7OS. The second-order valence-electron chi connectivity index (χ2n) is 6.28. The second kappa shape index (κ2) is 7.79. The van der Waals surface area contributed by atoms with Crippen molar-refractivity contribution < 1.29 is 4.74 Å². The first-order chi connectivity index (χ1) is 14.1. The molecule has 4 aromatic rings. The van der Waals surface area contributed by atoms with Crippen LogP contribution in [0.3, 0.4) is 0 Å². The van der Waals surface area contributed by atoms with Crippen molar-refractivity contribution in [1.82, 2.24) is 24.7 Å². The quantitative estimate of drug-likeness (QED) is 0.543. The zero-order valence-electron chi connectivity index (χ0n) is 15.8. The van der Waals surface area contributed by atoms with Crippen molar-refractivity contribution in [2.75, 3.05) is 0 Å². The molecule has 29 heavy (non-hydrogen) atoms. The highest BCUT2D eigenvalue weighted by molar-refractivity contribution is 7.15. The third-order valence-electron chi connectivity index (χ3n) is 4.22. The van der Waals surface area contributed by atoms with Crippen LogP contribution in [0.5, 0.6) is 11.6 Å². The van der Waals surface area contributed by atoms with Crippen molar-refractivity contribution >= 4 is 11.3 Å². The van der Waals surface area contributed by atoms with Crippen LogP contribution in [0.4, 0.5) is 0 Å². The molecule has 0 spiro atoms. The lowest BCUT2D eigenvalue weighted by atomic mass is 10.1. The Labute approximate surface area is 171 Å². The van der Waals surface area contributed by atoms with Gasteiger partial charge in [0.05, 0.1) is 27.1 Å². The van der Waals surface area contributed by atoms with E-state index in [0.29, 0.717) is 35.1 Å². The van der Waals surface area contributed by atoms with E-state index in [-0.39, 0.29) is 0 Å². The number of aromatic nitrogens is 5. The number of ether oxygens (including phenoxy) is 1. The molecule has 8 nitrogen and oxygen atoms in total. The minimum absolute atomic E-state index is 0.367. The fraction of sp³-hybridized carbons (Fsp3) is 0.150. The highest BCUT2D eigenvalue weighted by Crippen LogP contribution is 2.34. The van der Waals surface area contributed by atoms with Gasteiger partial charge in [0.2, 0.25) is 5.88 Å². The summed E-state index contributed by atoms with van der Waals surface area (Å²) in [6.45, 7) is 2.32. The first-order valence-corrected chi connectivity index (χ1v) is 9.59. The molecule has 9 heteroatoms. The number of hydrogen-bond donors (Lipinski definition) is 1. The minimum atomic E-state index is 0.367. The van der Waals surface area contributed by atoms with Gasteiger partial charge in [-0.25, -0.2) is 19.6 Å².